The smallest absolute Gasteiger partial charge is 0.409 e. The lowest BCUT2D eigenvalue weighted by Gasteiger charge is -2.42. The van der Waals surface area contributed by atoms with Gasteiger partial charge in [-0.2, -0.15) is 0 Å². The third kappa shape index (κ3) is 3.50. The van der Waals surface area contributed by atoms with E-state index in [2.05, 4.69) is 0 Å². The highest BCUT2D eigenvalue weighted by Crippen LogP contribution is 2.46. The molecule has 8 heteroatoms. The highest BCUT2D eigenvalue weighted by atomic mass is 32.2. The van der Waals surface area contributed by atoms with E-state index in [4.69, 9.17) is 4.74 Å². The number of amides is 3. The lowest BCUT2D eigenvalue weighted by Crippen LogP contribution is -2.60. The molecule has 2 heterocycles. The number of ether oxygens (including phenoxy) is 1. The number of anilines is 1. The Morgan fingerprint density at radius 1 is 1.11 bits per heavy atom. The van der Waals surface area contributed by atoms with Gasteiger partial charge in [-0.05, 0) is 32.9 Å². The number of carbonyl (C=O) groups is 3. The van der Waals surface area contributed by atoms with Crippen molar-refractivity contribution in [3.63, 3.8) is 0 Å². The van der Waals surface area contributed by atoms with E-state index in [0.29, 0.717) is 39.3 Å². The zero-order valence-corrected chi connectivity index (χ0v) is 16.8. The molecule has 1 aromatic carbocycles. The van der Waals surface area contributed by atoms with Crippen LogP contribution in [-0.2, 0) is 14.3 Å². The molecule has 1 atom stereocenters. The number of thioether (sulfide) groups is 1. The molecule has 3 rings (SSSR count). The predicted octanol–water partition coefficient (Wildman–Crippen LogP) is 2.20. The maximum Gasteiger partial charge on any atom is 0.409 e. The third-order valence-electron chi connectivity index (χ3n) is 4.94. The summed E-state index contributed by atoms with van der Waals surface area (Å²) in [5.41, 5.74) is 0.854. The third-order valence-corrected chi connectivity index (χ3v) is 6.26. The largest absolute Gasteiger partial charge is 0.450 e. The lowest BCUT2D eigenvalue weighted by molar-refractivity contribution is -0.139. The highest BCUT2D eigenvalue weighted by molar-refractivity contribution is 8.02. The molecule has 0 radical (unpaired) electrons. The number of benzene rings is 1. The molecule has 0 spiro atoms. The van der Waals surface area contributed by atoms with Crippen molar-refractivity contribution < 1.29 is 19.1 Å². The molecular formula is C19H25N3O4S. The van der Waals surface area contributed by atoms with Gasteiger partial charge >= 0.3 is 6.09 Å². The summed E-state index contributed by atoms with van der Waals surface area (Å²) < 4.78 is 3.82. The van der Waals surface area contributed by atoms with Crippen molar-refractivity contribution in [1.29, 1.82) is 0 Å². The van der Waals surface area contributed by atoms with Crippen molar-refractivity contribution in [2.75, 3.05) is 44.2 Å². The lowest BCUT2D eigenvalue weighted by atomic mass is 10.1. The Hall–Kier alpha value is -2.22. The molecule has 1 unspecified atom stereocenters. The van der Waals surface area contributed by atoms with Crippen molar-refractivity contribution in [2.45, 2.75) is 30.4 Å². The molecule has 7 nitrogen and oxygen atoms in total. The second-order valence-electron chi connectivity index (χ2n) is 6.63. The number of hydrogen-bond acceptors (Lipinski definition) is 5. The first-order valence-electron chi connectivity index (χ1n) is 9.23. The quantitative estimate of drug-likeness (QED) is 0.739. The second-order valence-corrected chi connectivity index (χ2v) is 8.09. The van der Waals surface area contributed by atoms with Gasteiger partial charge in [0.2, 0.25) is 5.91 Å². The number of para-hydroxylation sites is 1. The van der Waals surface area contributed by atoms with Crippen molar-refractivity contribution >= 4 is 35.4 Å². The predicted molar refractivity (Wildman–Crippen MR) is 104 cm³/mol. The minimum atomic E-state index is -1.20. The first-order valence-corrected chi connectivity index (χ1v) is 10.0. The first-order chi connectivity index (χ1) is 12.9. The SMILES string of the molecule is CCOC(=O)N1CCN(C(=O)C2(C)Sc3ccccc3N(CC)C2=O)CC1. The van der Waals surface area contributed by atoms with E-state index in [1.807, 2.05) is 31.2 Å². The molecule has 1 fully saturated rings. The zero-order valence-electron chi connectivity index (χ0n) is 15.9. The standard InChI is InChI=1S/C19H25N3O4S/c1-4-22-14-8-6-7-9-15(14)27-19(3,17(22)24)16(23)20-10-12-21(13-11-20)18(25)26-5-2/h6-9H,4-5,10-13H2,1-3H3. The van der Waals surface area contributed by atoms with E-state index in [0.717, 1.165) is 10.6 Å². The van der Waals surface area contributed by atoms with Crippen molar-refractivity contribution in [2.24, 2.45) is 0 Å². The van der Waals surface area contributed by atoms with E-state index >= 15 is 0 Å². The van der Waals surface area contributed by atoms with E-state index in [1.54, 1.807) is 28.5 Å². The number of nitrogens with zero attached hydrogens (tertiary/aromatic N) is 3. The highest BCUT2D eigenvalue weighted by Gasteiger charge is 2.50. The summed E-state index contributed by atoms with van der Waals surface area (Å²) in [5.74, 6) is -0.388. The van der Waals surface area contributed by atoms with Gasteiger partial charge in [0.25, 0.3) is 5.91 Å². The summed E-state index contributed by atoms with van der Waals surface area (Å²) >= 11 is 1.32. The van der Waals surface area contributed by atoms with E-state index < -0.39 is 4.75 Å². The Kier molecular flexibility index (Phi) is 5.64. The Balaban J connectivity index is 1.77. The normalized spacial score (nSPS) is 22.5. The summed E-state index contributed by atoms with van der Waals surface area (Å²) in [6, 6.07) is 7.66. The van der Waals surface area contributed by atoms with E-state index in [-0.39, 0.29) is 17.9 Å². The van der Waals surface area contributed by atoms with Gasteiger partial charge < -0.3 is 19.4 Å². The van der Waals surface area contributed by atoms with Gasteiger partial charge in [0.05, 0.1) is 12.3 Å². The van der Waals surface area contributed by atoms with Gasteiger partial charge in [0.1, 0.15) is 0 Å². The molecular weight excluding hydrogens is 366 g/mol. The van der Waals surface area contributed by atoms with Gasteiger partial charge in [-0.1, -0.05) is 23.9 Å². The molecule has 1 aromatic rings. The van der Waals surface area contributed by atoms with Crippen LogP contribution in [0.15, 0.2) is 29.2 Å². The molecule has 0 aromatic heterocycles. The van der Waals surface area contributed by atoms with Crippen LogP contribution in [-0.4, -0.2) is 71.8 Å². The first kappa shape index (κ1) is 19.5. The van der Waals surface area contributed by atoms with Crippen LogP contribution in [0.5, 0.6) is 0 Å². The van der Waals surface area contributed by atoms with Gasteiger partial charge in [-0.15, -0.1) is 0 Å². The van der Waals surface area contributed by atoms with Gasteiger partial charge in [-0.25, -0.2) is 4.79 Å². The Morgan fingerprint density at radius 3 is 2.37 bits per heavy atom. The van der Waals surface area contributed by atoms with Crippen LogP contribution in [0, 0.1) is 0 Å². The fourth-order valence-electron chi connectivity index (χ4n) is 3.45. The summed E-state index contributed by atoms with van der Waals surface area (Å²) in [6.45, 7) is 7.84. The summed E-state index contributed by atoms with van der Waals surface area (Å²) in [7, 11) is 0. The average Bonchev–Trinajstić information content (AvgIpc) is 2.69. The summed E-state index contributed by atoms with van der Waals surface area (Å²) in [6.07, 6.45) is -0.356. The monoisotopic (exact) mass is 391 g/mol. The van der Waals surface area contributed by atoms with Gasteiger partial charge in [0.15, 0.2) is 4.75 Å². The number of carbonyl (C=O) groups excluding carboxylic acids is 3. The van der Waals surface area contributed by atoms with Gasteiger partial charge in [-0.3, -0.25) is 9.59 Å². The Morgan fingerprint density at radius 2 is 1.74 bits per heavy atom. The number of hydrogen-bond donors (Lipinski definition) is 0. The molecule has 146 valence electrons. The van der Waals surface area contributed by atoms with Gasteiger partial charge in [0, 0.05) is 37.6 Å². The van der Waals surface area contributed by atoms with Crippen LogP contribution < -0.4 is 4.90 Å². The molecule has 2 aliphatic heterocycles. The zero-order chi connectivity index (χ0) is 19.6. The van der Waals surface area contributed by atoms with Crippen molar-refractivity contribution in [1.82, 2.24) is 9.80 Å². The number of rotatable bonds is 3. The van der Waals surface area contributed by atoms with Crippen LogP contribution in [0.25, 0.3) is 0 Å². The summed E-state index contributed by atoms with van der Waals surface area (Å²) in [4.78, 5) is 44.2. The minimum absolute atomic E-state index is 0.188. The molecule has 0 saturated carbocycles. The number of fused-ring (bicyclic) bond motifs is 1. The average molecular weight is 391 g/mol. The fraction of sp³-hybridized carbons (Fsp3) is 0.526. The fourth-order valence-corrected chi connectivity index (χ4v) is 4.74. The molecule has 27 heavy (non-hydrogen) atoms. The molecule has 3 amide bonds. The van der Waals surface area contributed by atoms with Crippen LogP contribution in [0.1, 0.15) is 20.8 Å². The van der Waals surface area contributed by atoms with Crippen LogP contribution in [0.4, 0.5) is 10.5 Å². The summed E-state index contributed by atoms with van der Waals surface area (Å²) in [5, 5.41) is 0. The van der Waals surface area contributed by atoms with Crippen LogP contribution in [0.2, 0.25) is 0 Å². The molecule has 0 aliphatic carbocycles. The van der Waals surface area contributed by atoms with Crippen LogP contribution >= 0.6 is 11.8 Å². The van der Waals surface area contributed by atoms with E-state index in [9.17, 15) is 14.4 Å². The Bertz CT molecular complexity index is 748. The topological polar surface area (TPSA) is 70.2 Å². The number of piperazine rings is 1. The van der Waals surface area contributed by atoms with Crippen LogP contribution in [0.3, 0.4) is 0 Å². The van der Waals surface area contributed by atoms with Crippen molar-refractivity contribution in [3.8, 4) is 0 Å². The maximum atomic E-state index is 13.3. The van der Waals surface area contributed by atoms with E-state index in [1.165, 1.54) is 11.8 Å². The van der Waals surface area contributed by atoms with Crippen molar-refractivity contribution in [3.05, 3.63) is 24.3 Å². The minimum Gasteiger partial charge on any atom is -0.450 e. The maximum absolute atomic E-state index is 13.3. The molecule has 0 N–H and O–H groups in total. The molecule has 1 saturated heterocycles. The molecule has 2 aliphatic rings. The second kappa shape index (κ2) is 7.80. The molecule has 0 bridgehead atoms. The Labute approximate surface area is 163 Å².